The van der Waals surface area contributed by atoms with E-state index >= 15 is 0 Å². The van der Waals surface area contributed by atoms with Crippen LogP contribution in [0.4, 0.5) is 5.69 Å². The molecule has 0 spiro atoms. The first-order valence-electron chi connectivity index (χ1n) is 6.83. The number of hydrogen-bond acceptors (Lipinski definition) is 2. The summed E-state index contributed by atoms with van der Waals surface area (Å²) in [6.07, 6.45) is 2.20. The molecule has 2 aromatic carbocycles. The molecule has 0 atom stereocenters. The van der Waals surface area contributed by atoms with Crippen LogP contribution >= 0.6 is 0 Å². The van der Waals surface area contributed by atoms with Crippen LogP contribution < -0.4 is 4.90 Å². The van der Waals surface area contributed by atoms with E-state index < -0.39 is 5.97 Å². The highest BCUT2D eigenvalue weighted by molar-refractivity contribution is 5.96. The number of fused-ring (bicyclic) bond motifs is 1. The third kappa shape index (κ3) is 2.16. The van der Waals surface area contributed by atoms with Gasteiger partial charge in [0.15, 0.2) is 0 Å². The molecule has 0 aromatic heterocycles. The maximum atomic E-state index is 11.3. The van der Waals surface area contributed by atoms with Gasteiger partial charge in [0.05, 0.1) is 5.56 Å². The van der Waals surface area contributed by atoms with E-state index in [1.165, 1.54) is 11.3 Å². The molecular formula is C17H17NO2. The zero-order valence-electron chi connectivity index (χ0n) is 11.5. The number of benzene rings is 2. The van der Waals surface area contributed by atoms with E-state index in [0.29, 0.717) is 5.56 Å². The van der Waals surface area contributed by atoms with Crippen molar-refractivity contribution < 1.29 is 9.90 Å². The zero-order chi connectivity index (χ0) is 14.1. The van der Waals surface area contributed by atoms with E-state index in [4.69, 9.17) is 0 Å². The van der Waals surface area contributed by atoms with Crippen LogP contribution in [0, 0.1) is 0 Å². The van der Waals surface area contributed by atoms with E-state index in [-0.39, 0.29) is 0 Å². The minimum absolute atomic E-state index is 0.358. The van der Waals surface area contributed by atoms with Crippen LogP contribution in [0.1, 0.15) is 22.3 Å². The monoisotopic (exact) mass is 267 g/mol. The summed E-state index contributed by atoms with van der Waals surface area (Å²) < 4.78 is 0. The highest BCUT2D eigenvalue weighted by Crippen LogP contribution is 2.32. The molecular weight excluding hydrogens is 250 g/mol. The van der Waals surface area contributed by atoms with Crippen LogP contribution in [0.25, 0.3) is 11.1 Å². The number of hydrogen-bond donors (Lipinski definition) is 1. The summed E-state index contributed by atoms with van der Waals surface area (Å²) in [6, 6.07) is 13.4. The molecule has 1 heterocycles. The van der Waals surface area contributed by atoms with Crippen molar-refractivity contribution in [1.29, 1.82) is 0 Å². The van der Waals surface area contributed by atoms with Crippen LogP contribution in [0.2, 0.25) is 0 Å². The number of aromatic carboxylic acids is 1. The Morgan fingerprint density at radius 1 is 1.20 bits per heavy atom. The third-order valence-corrected chi connectivity index (χ3v) is 3.90. The Labute approximate surface area is 118 Å². The van der Waals surface area contributed by atoms with Crippen LogP contribution in [0.3, 0.4) is 0 Å². The van der Waals surface area contributed by atoms with Gasteiger partial charge in [-0.05, 0) is 47.7 Å². The SMILES string of the molecule is CN1CCCc2cc(-c3ccccc3C(=O)O)ccc21. The Bertz CT molecular complexity index is 664. The smallest absolute Gasteiger partial charge is 0.336 e. The minimum Gasteiger partial charge on any atom is -0.478 e. The molecule has 0 saturated carbocycles. The maximum absolute atomic E-state index is 11.3. The number of anilines is 1. The van der Waals surface area contributed by atoms with Crippen molar-refractivity contribution in [2.24, 2.45) is 0 Å². The Morgan fingerprint density at radius 2 is 2.00 bits per heavy atom. The zero-order valence-corrected chi connectivity index (χ0v) is 11.5. The number of carbonyl (C=O) groups is 1. The summed E-state index contributed by atoms with van der Waals surface area (Å²) in [6.45, 7) is 1.08. The second-order valence-electron chi connectivity index (χ2n) is 5.22. The average Bonchev–Trinajstić information content (AvgIpc) is 2.47. The lowest BCUT2D eigenvalue weighted by Crippen LogP contribution is -2.24. The van der Waals surface area contributed by atoms with Gasteiger partial charge < -0.3 is 10.0 Å². The molecule has 1 N–H and O–H groups in total. The molecule has 102 valence electrons. The summed E-state index contributed by atoms with van der Waals surface area (Å²) in [4.78, 5) is 13.6. The fourth-order valence-electron chi connectivity index (χ4n) is 2.87. The summed E-state index contributed by atoms with van der Waals surface area (Å²) in [5, 5.41) is 9.30. The first-order chi connectivity index (χ1) is 9.66. The van der Waals surface area contributed by atoms with E-state index in [1.54, 1.807) is 12.1 Å². The highest BCUT2D eigenvalue weighted by Gasteiger charge is 2.16. The number of carboxylic acids is 1. The summed E-state index contributed by atoms with van der Waals surface area (Å²) >= 11 is 0. The summed E-state index contributed by atoms with van der Waals surface area (Å²) in [5.41, 5.74) is 4.69. The Balaban J connectivity index is 2.10. The molecule has 1 aliphatic heterocycles. The van der Waals surface area contributed by atoms with Gasteiger partial charge in [-0.15, -0.1) is 0 Å². The molecule has 0 saturated heterocycles. The second kappa shape index (κ2) is 5.00. The molecule has 3 nitrogen and oxygen atoms in total. The molecule has 2 aromatic rings. The van der Waals surface area contributed by atoms with Crippen molar-refractivity contribution >= 4 is 11.7 Å². The molecule has 0 radical (unpaired) electrons. The van der Waals surface area contributed by atoms with Crippen molar-refractivity contribution in [3.05, 3.63) is 53.6 Å². The van der Waals surface area contributed by atoms with Gasteiger partial charge in [0.25, 0.3) is 0 Å². The van der Waals surface area contributed by atoms with Crippen LogP contribution in [-0.2, 0) is 6.42 Å². The molecule has 0 amide bonds. The number of carboxylic acid groups (broad SMARTS) is 1. The largest absolute Gasteiger partial charge is 0.478 e. The predicted molar refractivity (Wildman–Crippen MR) is 80.4 cm³/mol. The molecule has 0 fully saturated rings. The number of aryl methyl sites for hydroxylation is 1. The molecule has 0 aliphatic carbocycles. The highest BCUT2D eigenvalue weighted by atomic mass is 16.4. The average molecular weight is 267 g/mol. The van der Waals surface area contributed by atoms with Crippen molar-refractivity contribution in [2.45, 2.75) is 12.8 Å². The van der Waals surface area contributed by atoms with Crippen molar-refractivity contribution in [2.75, 3.05) is 18.5 Å². The van der Waals surface area contributed by atoms with Gasteiger partial charge in [-0.25, -0.2) is 4.79 Å². The van der Waals surface area contributed by atoms with Crippen LogP contribution in [-0.4, -0.2) is 24.7 Å². The molecule has 3 heteroatoms. The predicted octanol–water partition coefficient (Wildman–Crippen LogP) is 3.43. The second-order valence-corrected chi connectivity index (χ2v) is 5.22. The van der Waals surface area contributed by atoms with Crippen LogP contribution in [0.5, 0.6) is 0 Å². The van der Waals surface area contributed by atoms with Gasteiger partial charge in [-0.2, -0.15) is 0 Å². The Morgan fingerprint density at radius 3 is 2.80 bits per heavy atom. The van der Waals surface area contributed by atoms with Crippen LogP contribution in [0.15, 0.2) is 42.5 Å². The van der Waals surface area contributed by atoms with Gasteiger partial charge in [-0.1, -0.05) is 24.3 Å². The first kappa shape index (κ1) is 12.7. The Kier molecular flexibility index (Phi) is 3.18. The lowest BCUT2D eigenvalue weighted by molar-refractivity contribution is 0.0697. The van der Waals surface area contributed by atoms with Gasteiger partial charge in [0, 0.05) is 19.3 Å². The number of nitrogens with zero attached hydrogens (tertiary/aromatic N) is 1. The van der Waals surface area contributed by atoms with Gasteiger partial charge in [-0.3, -0.25) is 0 Å². The summed E-state index contributed by atoms with van der Waals surface area (Å²) in [5.74, 6) is -0.879. The minimum atomic E-state index is -0.879. The maximum Gasteiger partial charge on any atom is 0.336 e. The fourth-order valence-corrected chi connectivity index (χ4v) is 2.87. The van der Waals surface area contributed by atoms with Crippen molar-refractivity contribution in [1.82, 2.24) is 0 Å². The lowest BCUT2D eigenvalue weighted by atomic mass is 9.94. The van der Waals surface area contributed by atoms with Crippen molar-refractivity contribution in [3.8, 4) is 11.1 Å². The molecule has 20 heavy (non-hydrogen) atoms. The van der Waals surface area contributed by atoms with E-state index in [9.17, 15) is 9.90 Å². The standard InChI is InChI=1S/C17H17NO2/c1-18-10-4-5-13-11-12(8-9-16(13)18)14-6-2-3-7-15(14)17(19)20/h2-3,6-9,11H,4-5,10H2,1H3,(H,19,20). The van der Waals surface area contributed by atoms with Gasteiger partial charge in [0.1, 0.15) is 0 Å². The normalized spacial score (nSPS) is 13.9. The Hall–Kier alpha value is -2.29. The van der Waals surface area contributed by atoms with Gasteiger partial charge in [0.2, 0.25) is 0 Å². The first-order valence-corrected chi connectivity index (χ1v) is 6.83. The quantitative estimate of drug-likeness (QED) is 0.906. The number of rotatable bonds is 2. The molecule has 1 aliphatic rings. The van der Waals surface area contributed by atoms with Gasteiger partial charge >= 0.3 is 5.97 Å². The van der Waals surface area contributed by atoms with E-state index in [1.807, 2.05) is 18.2 Å². The van der Waals surface area contributed by atoms with E-state index in [0.717, 1.165) is 30.5 Å². The van der Waals surface area contributed by atoms with Crippen molar-refractivity contribution in [3.63, 3.8) is 0 Å². The topological polar surface area (TPSA) is 40.5 Å². The lowest BCUT2D eigenvalue weighted by Gasteiger charge is -2.28. The third-order valence-electron chi connectivity index (χ3n) is 3.90. The summed E-state index contributed by atoms with van der Waals surface area (Å²) in [7, 11) is 2.10. The van der Waals surface area contributed by atoms with E-state index in [2.05, 4.69) is 24.1 Å². The molecule has 0 bridgehead atoms. The fraction of sp³-hybridized carbons (Fsp3) is 0.235. The molecule has 0 unspecified atom stereocenters. The molecule has 3 rings (SSSR count).